The third-order valence-corrected chi connectivity index (χ3v) is 3.84. The van der Waals surface area contributed by atoms with Crippen molar-refractivity contribution in [2.75, 3.05) is 6.54 Å². The molecule has 2 heterocycles. The Morgan fingerprint density at radius 3 is 2.81 bits per heavy atom. The van der Waals surface area contributed by atoms with Gasteiger partial charge in [0.2, 0.25) is 0 Å². The molecule has 2 aromatic rings. The maximum atomic E-state index is 5.84. The highest BCUT2D eigenvalue weighted by Gasteiger charge is 2.13. The molecule has 2 N–H and O–H groups in total. The molecule has 0 aliphatic heterocycles. The lowest BCUT2D eigenvalue weighted by atomic mass is 9.99. The molecule has 0 spiro atoms. The van der Waals surface area contributed by atoms with Crippen molar-refractivity contribution in [1.82, 2.24) is 4.98 Å². The summed E-state index contributed by atoms with van der Waals surface area (Å²) in [6.07, 6.45) is 2.83. The van der Waals surface area contributed by atoms with Crippen LogP contribution >= 0.6 is 11.3 Å². The van der Waals surface area contributed by atoms with E-state index in [1.165, 1.54) is 10.4 Å². The summed E-state index contributed by atoms with van der Waals surface area (Å²) in [6, 6.07) is 8.17. The van der Waals surface area contributed by atoms with Gasteiger partial charge in [0.1, 0.15) is 0 Å². The van der Waals surface area contributed by atoms with Crippen LogP contribution in [0.1, 0.15) is 22.1 Å². The van der Waals surface area contributed by atoms with Gasteiger partial charge in [0.15, 0.2) is 0 Å². The van der Waals surface area contributed by atoms with Gasteiger partial charge in [-0.05, 0) is 42.5 Å². The Labute approximate surface area is 100 Å². The molecule has 1 atom stereocenters. The topological polar surface area (TPSA) is 38.9 Å². The molecule has 84 valence electrons. The van der Waals surface area contributed by atoms with E-state index in [0.29, 0.717) is 12.5 Å². The minimum atomic E-state index is 0.332. The summed E-state index contributed by atoms with van der Waals surface area (Å²) >= 11 is 1.80. The van der Waals surface area contributed by atoms with Crippen molar-refractivity contribution in [2.24, 2.45) is 5.73 Å². The van der Waals surface area contributed by atoms with E-state index >= 15 is 0 Å². The first-order valence-electron chi connectivity index (χ1n) is 5.45. The van der Waals surface area contributed by atoms with Gasteiger partial charge >= 0.3 is 0 Å². The lowest BCUT2D eigenvalue weighted by molar-refractivity contribution is 0.677. The average molecular weight is 232 g/mol. The minimum absolute atomic E-state index is 0.332. The highest BCUT2D eigenvalue weighted by atomic mass is 32.1. The van der Waals surface area contributed by atoms with Crippen LogP contribution in [0.3, 0.4) is 0 Å². The van der Waals surface area contributed by atoms with E-state index in [9.17, 15) is 0 Å². The predicted octanol–water partition coefficient (Wildman–Crippen LogP) is 2.74. The minimum Gasteiger partial charge on any atom is -0.330 e. The van der Waals surface area contributed by atoms with Crippen molar-refractivity contribution >= 4 is 11.3 Å². The van der Waals surface area contributed by atoms with Crippen molar-refractivity contribution in [3.63, 3.8) is 0 Å². The maximum absolute atomic E-state index is 5.84. The molecule has 0 amide bonds. The van der Waals surface area contributed by atoms with Gasteiger partial charge in [-0.25, -0.2) is 0 Å². The van der Waals surface area contributed by atoms with E-state index in [1.54, 1.807) is 11.3 Å². The van der Waals surface area contributed by atoms with Crippen LogP contribution in [0.2, 0.25) is 0 Å². The zero-order valence-corrected chi connectivity index (χ0v) is 10.2. The summed E-state index contributed by atoms with van der Waals surface area (Å²) in [7, 11) is 0. The molecule has 3 heteroatoms. The first kappa shape index (κ1) is 11.3. The number of aryl methyl sites for hydroxylation is 1. The van der Waals surface area contributed by atoms with E-state index < -0.39 is 0 Å². The first-order chi connectivity index (χ1) is 7.81. The second-order valence-electron chi connectivity index (χ2n) is 3.92. The number of pyridine rings is 1. The molecule has 16 heavy (non-hydrogen) atoms. The van der Waals surface area contributed by atoms with Crippen LogP contribution in [0.15, 0.2) is 35.8 Å². The molecule has 0 bridgehead atoms. The number of nitrogens with two attached hydrogens (primary N) is 1. The van der Waals surface area contributed by atoms with Gasteiger partial charge in [0.25, 0.3) is 0 Å². The SMILES string of the molecule is Cc1ccsc1CC(CN)c1ccccn1. The second kappa shape index (κ2) is 5.23. The Balaban J connectivity index is 2.16. The van der Waals surface area contributed by atoms with Gasteiger partial charge in [-0.15, -0.1) is 11.3 Å². The monoisotopic (exact) mass is 232 g/mol. The largest absolute Gasteiger partial charge is 0.330 e. The Morgan fingerprint density at radius 1 is 1.38 bits per heavy atom. The van der Waals surface area contributed by atoms with Gasteiger partial charge in [-0.3, -0.25) is 4.98 Å². The second-order valence-corrected chi connectivity index (χ2v) is 4.92. The third kappa shape index (κ3) is 2.49. The van der Waals surface area contributed by atoms with Gasteiger partial charge in [0, 0.05) is 29.2 Å². The Kier molecular flexibility index (Phi) is 3.70. The van der Waals surface area contributed by atoms with Crippen molar-refractivity contribution in [1.29, 1.82) is 0 Å². The van der Waals surface area contributed by atoms with Crippen molar-refractivity contribution < 1.29 is 0 Å². The molecule has 0 aromatic carbocycles. The van der Waals surface area contributed by atoms with Gasteiger partial charge in [-0.1, -0.05) is 6.07 Å². The molecule has 0 aliphatic rings. The highest BCUT2D eigenvalue weighted by Crippen LogP contribution is 2.24. The summed E-state index contributed by atoms with van der Waals surface area (Å²) in [5.41, 5.74) is 8.29. The summed E-state index contributed by atoms with van der Waals surface area (Å²) in [5.74, 6) is 0.332. The van der Waals surface area contributed by atoms with Crippen LogP contribution in [-0.2, 0) is 6.42 Å². The number of aromatic nitrogens is 1. The summed E-state index contributed by atoms with van der Waals surface area (Å²) < 4.78 is 0. The van der Waals surface area contributed by atoms with Gasteiger partial charge in [-0.2, -0.15) is 0 Å². The number of rotatable bonds is 4. The van der Waals surface area contributed by atoms with Crippen LogP contribution in [0.25, 0.3) is 0 Å². The van der Waals surface area contributed by atoms with E-state index in [2.05, 4.69) is 29.4 Å². The fourth-order valence-electron chi connectivity index (χ4n) is 1.76. The zero-order chi connectivity index (χ0) is 11.4. The lowest BCUT2D eigenvalue weighted by Crippen LogP contribution is -2.16. The zero-order valence-electron chi connectivity index (χ0n) is 9.39. The maximum Gasteiger partial charge on any atom is 0.0450 e. The fourth-order valence-corrected chi connectivity index (χ4v) is 2.75. The summed E-state index contributed by atoms with van der Waals surface area (Å²) in [4.78, 5) is 5.80. The number of hydrogen-bond donors (Lipinski definition) is 1. The van der Waals surface area contributed by atoms with Gasteiger partial charge in [0.05, 0.1) is 0 Å². The molecule has 0 saturated heterocycles. The molecule has 2 rings (SSSR count). The molecular formula is C13H16N2S. The molecule has 2 aromatic heterocycles. The highest BCUT2D eigenvalue weighted by molar-refractivity contribution is 7.10. The van der Waals surface area contributed by atoms with Crippen molar-refractivity contribution in [3.8, 4) is 0 Å². The van der Waals surface area contributed by atoms with E-state index in [0.717, 1.165) is 12.1 Å². The number of hydrogen-bond acceptors (Lipinski definition) is 3. The standard InChI is InChI=1S/C13H16N2S/c1-10-5-7-16-13(10)8-11(9-14)12-4-2-3-6-15-12/h2-7,11H,8-9,14H2,1H3. The van der Waals surface area contributed by atoms with E-state index in [4.69, 9.17) is 5.73 Å². The molecular weight excluding hydrogens is 216 g/mol. The van der Waals surface area contributed by atoms with Crippen molar-refractivity contribution in [3.05, 3.63) is 52.0 Å². The summed E-state index contributed by atoms with van der Waals surface area (Å²) in [5, 5.41) is 2.14. The lowest BCUT2D eigenvalue weighted by Gasteiger charge is -2.13. The van der Waals surface area contributed by atoms with Crippen LogP contribution in [0.4, 0.5) is 0 Å². The van der Waals surface area contributed by atoms with Crippen LogP contribution in [0, 0.1) is 6.92 Å². The fraction of sp³-hybridized carbons (Fsp3) is 0.308. The molecule has 0 aliphatic carbocycles. The van der Waals surface area contributed by atoms with Crippen LogP contribution < -0.4 is 5.73 Å². The Bertz CT molecular complexity index is 436. The molecule has 0 saturated carbocycles. The molecule has 1 unspecified atom stereocenters. The van der Waals surface area contributed by atoms with Crippen molar-refractivity contribution in [2.45, 2.75) is 19.3 Å². The predicted molar refractivity (Wildman–Crippen MR) is 68.8 cm³/mol. The van der Waals surface area contributed by atoms with Crippen LogP contribution in [0.5, 0.6) is 0 Å². The van der Waals surface area contributed by atoms with E-state index in [1.807, 2.05) is 18.3 Å². The smallest absolute Gasteiger partial charge is 0.0450 e. The van der Waals surface area contributed by atoms with E-state index in [-0.39, 0.29) is 0 Å². The summed E-state index contributed by atoms with van der Waals surface area (Å²) in [6.45, 7) is 2.80. The molecule has 2 nitrogen and oxygen atoms in total. The molecule has 0 radical (unpaired) electrons. The first-order valence-corrected chi connectivity index (χ1v) is 6.33. The Hall–Kier alpha value is -1.19. The van der Waals surface area contributed by atoms with Crippen LogP contribution in [-0.4, -0.2) is 11.5 Å². The average Bonchev–Trinajstić information content (AvgIpc) is 2.73. The Morgan fingerprint density at radius 2 is 2.25 bits per heavy atom. The quantitative estimate of drug-likeness (QED) is 0.880. The third-order valence-electron chi connectivity index (χ3n) is 2.79. The number of nitrogens with zero attached hydrogens (tertiary/aromatic N) is 1. The number of thiophene rings is 1. The molecule has 0 fully saturated rings. The van der Waals surface area contributed by atoms with Gasteiger partial charge < -0.3 is 5.73 Å². The normalized spacial score (nSPS) is 12.6.